The summed E-state index contributed by atoms with van der Waals surface area (Å²) in [5, 5.41) is 1.87. The van der Waals surface area contributed by atoms with E-state index < -0.39 is 0 Å². The van der Waals surface area contributed by atoms with Gasteiger partial charge in [0.15, 0.2) is 0 Å². The monoisotopic (exact) mass is 303 g/mol. The second kappa shape index (κ2) is 6.56. The van der Waals surface area contributed by atoms with Crippen LogP contribution in [-0.4, -0.2) is 29.7 Å². The maximum absolute atomic E-state index is 6.24. The number of aromatic nitrogens is 1. The first-order chi connectivity index (χ1) is 10.3. The van der Waals surface area contributed by atoms with Crippen LogP contribution in [0.4, 0.5) is 0 Å². The molecule has 1 aliphatic carbocycles. The van der Waals surface area contributed by atoms with Gasteiger partial charge in [0.05, 0.1) is 18.7 Å². The minimum atomic E-state index is 0.334. The fourth-order valence-corrected chi connectivity index (χ4v) is 3.64. The average molecular weight is 303 g/mol. The zero-order valence-corrected chi connectivity index (χ0v) is 13.4. The molecule has 4 heteroatoms. The fraction of sp³-hybridized carbons (Fsp3) is 0.471. The Balaban J connectivity index is 1.78. The Kier molecular flexibility index (Phi) is 4.54. The first kappa shape index (κ1) is 14.5. The molecule has 3 nitrogen and oxygen atoms in total. The van der Waals surface area contributed by atoms with E-state index in [4.69, 9.17) is 9.47 Å². The van der Waals surface area contributed by atoms with E-state index in [0.717, 1.165) is 40.5 Å². The zero-order valence-electron chi connectivity index (χ0n) is 12.5. The molecule has 1 saturated carbocycles. The lowest BCUT2D eigenvalue weighted by molar-refractivity contribution is 0.159. The molecule has 0 spiro atoms. The largest absolute Gasteiger partial charge is 0.497 e. The van der Waals surface area contributed by atoms with Crippen LogP contribution < -0.4 is 9.47 Å². The van der Waals surface area contributed by atoms with Crippen LogP contribution in [0.25, 0.3) is 10.9 Å². The maximum Gasteiger partial charge on any atom is 0.130 e. The Hall–Kier alpha value is -1.42. The molecule has 0 bridgehead atoms. The third-order valence-electron chi connectivity index (χ3n) is 4.16. The Bertz CT molecular complexity index is 609. The lowest BCUT2D eigenvalue weighted by atomic mass is 9.97. The predicted octanol–water partition coefficient (Wildman–Crippen LogP) is 4.30. The summed E-state index contributed by atoms with van der Waals surface area (Å²) in [4.78, 5) is 4.41. The number of hydrogen-bond donors (Lipinski definition) is 0. The van der Waals surface area contributed by atoms with Crippen LogP contribution in [-0.2, 0) is 0 Å². The van der Waals surface area contributed by atoms with E-state index in [-0.39, 0.29) is 0 Å². The van der Waals surface area contributed by atoms with Gasteiger partial charge < -0.3 is 9.47 Å². The van der Waals surface area contributed by atoms with Gasteiger partial charge in [-0.05, 0) is 50.1 Å². The van der Waals surface area contributed by atoms with Gasteiger partial charge in [0.1, 0.15) is 11.5 Å². The van der Waals surface area contributed by atoms with Gasteiger partial charge in [0, 0.05) is 22.9 Å². The number of nitrogens with zero attached hydrogens (tertiary/aromatic N) is 1. The number of pyridine rings is 1. The lowest BCUT2D eigenvalue weighted by Gasteiger charge is -2.28. The highest BCUT2D eigenvalue weighted by Crippen LogP contribution is 2.32. The number of hydrogen-bond acceptors (Lipinski definition) is 4. The van der Waals surface area contributed by atoms with Crippen molar-refractivity contribution >= 4 is 22.7 Å². The minimum Gasteiger partial charge on any atom is -0.497 e. The van der Waals surface area contributed by atoms with E-state index >= 15 is 0 Å². The van der Waals surface area contributed by atoms with Crippen LogP contribution in [0.2, 0.25) is 0 Å². The maximum atomic E-state index is 6.24. The number of fused-ring (bicyclic) bond motifs is 1. The van der Waals surface area contributed by atoms with E-state index in [2.05, 4.69) is 11.2 Å². The highest BCUT2D eigenvalue weighted by molar-refractivity contribution is 7.99. The van der Waals surface area contributed by atoms with Gasteiger partial charge in [-0.25, -0.2) is 0 Å². The van der Waals surface area contributed by atoms with Crippen molar-refractivity contribution in [1.29, 1.82) is 0 Å². The third kappa shape index (κ3) is 3.26. The molecule has 0 atom stereocenters. The fourth-order valence-electron chi connectivity index (χ4n) is 2.90. The van der Waals surface area contributed by atoms with Gasteiger partial charge in [-0.3, -0.25) is 4.98 Å². The molecule has 1 aromatic heterocycles. The number of methoxy groups -OCH3 is 1. The molecule has 0 amide bonds. The van der Waals surface area contributed by atoms with E-state index in [1.54, 1.807) is 7.11 Å². The first-order valence-corrected chi connectivity index (χ1v) is 8.71. The molecule has 0 unspecified atom stereocenters. The molecule has 2 aromatic rings. The third-order valence-corrected chi connectivity index (χ3v) is 5.30. The Morgan fingerprint density at radius 3 is 2.67 bits per heavy atom. The van der Waals surface area contributed by atoms with Gasteiger partial charge in [-0.1, -0.05) is 0 Å². The quantitative estimate of drug-likeness (QED) is 0.843. The van der Waals surface area contributed by atoms with Gasteiger partial charge >= 0.3 is 0 Å². The molecule has 1 aliphatic rings. The highest BCUT2D eigenvalue weighted by Gasteiger charge is 2.22. The smallest absolute Gasteiger partial charge is 0.130 e. The summed E-state index contributed by atoms with van der Waals surface area (Å²) >= 11 is 1.98. The Morgan fingerprint density at radius 2 is 1.95 bits per heavy atom. The summed E-state index contributed by atoms with van der Waals surface area (Å²) in [5.41, 5.74) is 0.921. The van der Waals surface area contributed by atoms with Crippen molar-refractivity contribution in [2.75, 3.05) is 13.4 Å². The van der Waals surface area contributed by atoms with Crippen molar-refractivity contribution in [3.8, 4) is 11.5 Å². The second-order valence-electron chi connectivity index (χ2n) is 5.44. The van der Waals surface area contributed by atoms with E-state index in [1.807, 2.05) is 42.2 Å². The van der Waals surface area contributed by atoms with Crippen LogP contribution in [0.3, 0.4) is 0 Å². The van der Waals surface area contributed by atoms with E-state index in [0.29, 0.717) is 6.10 Å². The topological polar surface area (TPSA) is 31.4 Å². The van der Waals surface area contributed by atoms with Gasteiger partial charge in [-0.2, -0.15) is 11.8 Å². The second-order valence-corrected chi connectivity index (χ2v) is 6.58. The standard InChI is InChI=1S/C17H21NO2S/c1-19-13-5-8-15-16(11-13)18-10-9-17(15)20-12-3-6-14(21-2)7-4-12/h5,8-12,14H,3-4,6-7H2,1-2H3. The SMILES string of the molecule is COc1ccc2c(OC3CCC(SC)CC3)ccnc2c1. The van der Waals surface area contributed by atoms with Crippen LogP contribution in [0.1, 0.15) is 25.7 Å². The minimum absolute atomic E-state index is 0.334. The predicted molar refractivity (Wildman–Crippen MR) is 88.5 cm³/mol. The summed E-state index contributed by atoms with van der Waals surface area (Å²) < 4.78 is 11.5. The molecule has 0 radical (unpaired) electrons. The van der Waals surface area contributed by atoms with E-state index in [9.17, 15) is 0 Å². The molecule has 3 rings (SSSR count). The van der Waals surface area contributed by atoms with Gasteiger partial charge in [0.2, 0.25) is 0 Å². The highest BCUT2D eigenvalue weighted by atomic mass is 32.2. The zero-order chi connectivity index (χ0) is 14.7. The summed E-state index contributed by atoms with van der Waals surface area (Å²) in [6.45, 7) is 0. The molecular formula is C17H21NO2S. The molecule has 21 heavy (non-hydrogen) atoms. The number of benzene rings is 1. The summed E-state index contributed by atoms with van der Waals surface area (Å²) in [6, 6.07) is 7.91. The van der Waals surface area contributed by atoms with Crippen molar-refractivity contribution in [3.63, 3.8) is 0 Å². The van der Waals surface area contributed by atoms with Crippen LogP contribution in [0.15, 0.2) is 30.5 Å². The number of rotatable bonds is 4. The molecule has 1 aromatic carbocycles. The normalized spacial score (nSPS) is 22.2. The summed E-state index contributed by atoms with van der Waals surface area (Å²) in [5.74, 6) is 1.77. The Labute approximate surface area is 130 Å². The molecule has 0 saturated heterocycles. The molecule has 0 aliphatic heterocycles. The summed E-state index contributed by atoms with van der Waals surface area (Å²) in [7, 11) is 1.67. The van der Waals surface area contributed by atoms with Crippen molar-refractivity contribution in [3.05, 3.63) is 30.5 Å². The molecule has 1 heterocycles. The van der Waals surface area contributed by atoms with Crippen molar-refractivity contribution in [2.45, 2.75) is 37.0 Å². The van der Waals surface area contributed by atoms with Crippen LogP contribution in [0, 0.1) is 0 Å². The lowest BCUT2D eigenvalue weighted by Crippen LogP contribution is -2.25. The van der Waals surface area contributed by atoms with Crippen molar-refractivity contribution in [2.24, 2.45) is 0 Å². The molecule has 0 N–H and O–H groups in total. The molecule has 112 valence electrons. The summed E-state index contributed by atoms with van der Waals surface area (Å²) in [6.07, 6.45) is 9.14. The van der Waals surface area contributed by atoms with Gasteiger partial charge in [-0.15, -0.1) is 0 Å². The number of thioether (sulfide) groups is 1. The molecule has 1 fully saturated rings. The number of ether oxygens (including phenoxy) is 2. The van der Waals surface area contributed by atoms with Crippen molar-refractivity contribution < 1.29 is 9.47 Å². The van der Waals surface area contributed by atoms with Gasteiger partial charge in [0.25, 0.3) is 0 Å². The first-order valence-electron chi connectivity index (χ1n) is 7.42. The van der Waals surface area contributed by atoms with Crippen molar-refractivity contribution in [1.82, 2.24) is 4.98 Å². The average Bonchev–Trinajstić information content (AvgIpc) is 2.55. The van der Waals surface area contributed by atoms with Crippen LogP contribution in [0.5, 0.6) is 11.5 Å². The van der Waals surface area contributed by atoms with Crippen LogP contribution >= 0.6 is 11.8 Å². The Morgan fingerprint density at radius 1 is 1.14 bits per heavy atom. The van der Waals surface area contributed by atoms with E-state index in [1.165, 1.54) is 12.8 Å². The molecular weight excluding hydrogens is 282 g/mol.